The molecule has 1 saturated heterocycles. The van der Waals surface area contributed by atoms with E-state index in [-0.39, 0.29) is 11.5 Å². The van der Waals surface area contributed by atoms with Gasteiger partial charge in [0.25, 0.3) is 0 Å². The molecule has 1 fully saturated rings. The van der Waals surface area contributed by atoms with E-state index in [4.69, 9.17) is 4.74 Å². The van der Waals surface area contributed by atoms with E-state index in [9.17, 15) is 0 Å². The van der Waals surface area contributed by atoms with Gasteiger partial charge in [0.15, 0.2) is 0 Å². The van der Waals surface area contributed by atoms with Crippen LogP contribution in [-0.2, 0) is 10.2 Å². The molecule has 1 atom stereocenters. The smallest absolute Gasteiger partial charge is 0.125 e. The maximum Gasteiger partial charge on any atom is 0.125 e. The summed E-state index contributed by atoms with van der Waals surface area (Å²) < 4.78 is 5.78. The molecule has 4 heteroatoms. The van der Waals surface area contributed by atoms with Gasteiger partial charge in [-0.25, -0.2) is 4.98 Å². The van der Waals surface area contributed by atoms with E-state index in [1.165, 1.54) is 5.56 Å². The van der Waals surface area contributed by atoms with Gasteiger partial charge in [-0.1, -0.05) is 33.8 Å². The van der Waals surface area contributed by atoms with Gasteiger partial charge >= 0.3 is 0 Å². The molecule has 4 nitrogen and oxygen atoms in total. The number of nitrogens with one attached hydrogen (secondary N) is 1. The Bertz CT molecular complexity index is 411. The summed E-state index contributed by atoms with van der Waals surface area (Å²) >= 11 is 0. The van der Waals surface area contributed by atoms with Crippen molar-refractivity contribution in [1.82, 2.24) is 9.88 Å². The molecule has 2 heterocycles. The molecule has 1 aliphatic rings. The lowest BCUT2D eigenvalue weighted by atomic mass is 9.88. The average Bonchev–Trinajstić information content (AvgIpc) is 2.45. The lowest BCUT2D eigenvalue weighted by Crippen LogP contribution is -2.45. The van der Waals surface area contributed by atoms with Gasteiger partial charge in [-0.15, -0.1) is 0 Å². The Hall–Kier alpha value is -1.13. The van der Waals surface area contributed by atoms with Crippen LogP contribution in [0.15, 0.2) is 18.3 Å². The highest BCUT2D eigenvalue weighted by Gasteiger charge is 2.19. The van der Waals surface area contributed by atoms with Crippen molar-refractivity contribution in [1.29, 1.82) is 0 Å². The molecule has 1 aromatic heterocycles. The van der Waals surface area contributed by atoms with Gasteiger partial charge < -0.3 is 10.1 Å². The number of morpholine rings is 1. The summed E-state index contributed by atoms with van der Waals surface area (Å²) in [5.74, 6) is 0.926. The predicted molar refractivity (Wildman–Crippen MR) is 83.3 cm³/mol. The lowest BCUT2D eigenvalue weighted by molar-refractivity contribution is -0.0192. The monoisotopic (exact) mass is 277 g/mol. The van der Waals surface area contributed by atoms with Crippen LogP contribution in [0.5, 0.6) is 0 Å². The van der Waals surface area contributed by atoms with Gasteiger partial charge in [-0.05, 0) is 23.6 Å². The van der Waals surface area contributed by atoms with Gasteiger partial charge in [-0.2, -0.15) is 0 Å². The van der Waals surface area contributed by atoms with Gasteiger partial charge in [0.2, 0.25) is 0 Å². The lowest BCUT2D eigenvalue weighted by Gasteiger charge is -2.32. The number of pyridine rings is 1. The summed E-state index contributed by atoms with van der Waals surface area (Å²) in [5, 5.41) is 3.37. The first-order chi connectivity index (χ1) is 9.49. The van der Waals surface area contributed by atoms with Gasteiger partial charge in [0.05, 0.1) is 12.7 Å². The second-order valence-electron chi connectivity index (χ2n) is 6.45. The van der Waals surface area contributed by atoms with E-state index in [1.807, 2.05) is 6.20 Å². The topological polar surface area (TPSA) is 37.4 Å². The van der Waals surface area contributed by atoms with Crippen LogP contribution in [0.2, 0.25) is 0 Å². The largest absolute Gasteiger partial charge is 0.374 e. The first-order valence-corrected chi connectivity index (χ1v) is 7.53. The number of likely N-dealkylation sites (N-methyl/N-ethyl adjacent to an activating group) is 1. The Kier molecular flexibility index (Phi) is 5.00. The molecule has 1 unspecified atom stereocenters. The van der Waals surface area contributed by atoms with Crippen molar-refractivity contribution in [3.63, 3.8) is 0 Å². The summed E-state index contributed by atoms with van der Waals surface area (Å²) in [6, 6.07) is 4.20. The average molecular weight is 277 g/mol. The van der Waals surface area contributed by atoms with E-state index in [0.29, 0.717) is 0 Å². The minimum atomic E-state index is 0.152. The van der Waals surface area contributed by atoms with Crippen LogP contribution in [0.4, 0.5) is 5.82 Å². The molecule has 0 amide bonds. The maximum absolute atomic E-state index is 5.78. The summed E-state index contributed by atoms with van der Waals surface area (Å²) in [6.07, 6.45) is 2.22. The van der Waals surface area contributed by atoms with Gasteiger partial charge in [0.1, 0.15) is 5.82 Å². The molecule has 0 radical (unpaired) electrons. The number of ether oxygens (including phenoxy) is 1. The van der Waals surface area contributed by atoms with Crippen molar-refractivity contribution < 1.29 is 4.74 Å². The fraction of sp³-hybridized carbons (Fsp3) is 0.688. The Morgan fingerprint density at radius 1 is 1.40 bits per heavy atom. The van der Waals surface area contributed by atoms with Gasteiger partial charge in [-0.3, -0.25) is 4.90 Å². The summed E-state index contributed by atoms with van der Waals surface area (Å²) in [5.41, 5.74) is 1.41. The molecule has 1 aromatic rings. The van der Waals surface area contributed by atoms with Crippen molar-refractivity contribution in [2.45, 2.75) is 39.2 Å². The van der Waals surface area contributed by atoms with Crippen LogP contribution in [0.3, 0.4) is 0 Å². The van der Waals surface area contributed by atoms with E-state index < -0.39 is 0 Å². The first kappa shape index (κ1) is 15.3. The second kappa shape index (κ2) is 6.55. The third-order valence-electron chi connectivity index (χ3n) is 3.81. The van der Waals surface area contributed by atoms with Gasteiger partial charge in [0, 0.05) is 25.8 Å². The fourth-order valence-corrected chi connectivity index (χ4v) is 2.35. The highest BCUT2D eigenvalue weighted by atomic mass is 16.5. The third-order valence-corrected chi connectivity index (χ3v) is 3.81. The Morgan fingerprint density at radius 3 is 2.80 bits per heavy atom. The van der Waals surface area contributed by atoms with Crippen LogP contribution in [0, 0.1) is 0 Å². The Labute approximate surface area is 122 Å². The molecule has 0 spiro atoms. The SMILES string of the molecule is CCN1CCOC(CNc2ccc(C(C)(C)C)cn2)C1. The zero-order valence-electron chi connectivity index (χ0n) is 13.1. The summed E-state index contributed by atoms with van der Waals surface area (Å²) in [7, 11) is 0. The maximum atomic E-state index is 5.78. The molecular weight excluding hydrogens is 250 g/mol. The fourth-order valence-electron chi connectivity index (χ4n) is 2.35. The number of hydrogen-bond acceptors (Lipinski definition) is 4. The van der Waals surface area contributed by atoms with Crippen molar-refractivity contribution in [2.24, 2.45) is 0 Å². The number of aromatic nitrogens is 1. The summed E-state index contributed by atoms with van der Waals surface area (Å²) in [4.78, 5) is 6.91. The third kappa shape index (κ3) is 4.18. The van der Waals surface area contributed by atoms with Crippen LogP contribution in [0.1, 0.15) is 33.3 Å². The van der Waals surface area contributed by atoms with Crippen molar-refractivity contribution in [3.8, 4) is 0 Å². The number of rotatable bonds is 4. The molecule has 20 heavy (non-hydrogen) atoms. The molecule has 2 rings (SSSR count). The first-order valence-electron chi connectivity index (χ1n) is 7.53. The van der Waals surface area contributed by atoms with Crippen LogP contribution in [-0.4, -0.2) is 48.8 Å². The quantitative estimate of drug-likeness (QED) is 0.917. The van der Waals surface area contributed by atoms with Crippen LogP contribution < -0.4 is 5.32 Å². The minimum absolute atomic E-state index is 0.152. The molecule has 0 bridgehead atoms. The zero-order chi connectivity index (χ0) is 14.6. The normalized spacial score (nSPS) is 20.9. The van der Waals surface area contributed by atoms with Crippen LogP contribution >= 0.6 is 0 Å². The van der Waals surface area contributed by atoms with Crippen molar-refractivity contribution in [3.05, 3.63) is 23.9 Å². The molecule has 0 aliphatic carbocycles. The summed E-state index contributed by atoms with van der Waals surface area (Å²) in [6.45, 7) is 13.6. The number of hydrogen-bond donors (Lipinski definition) is 1. The molecule has 112 valence electrons. The highest BCUT2D eigenvalue weighted by molar-refractivity contribution is 5.37. The van der Waals surface area contributed by atoms with E-state index in [0.717, 1.165) is 38.6 Å². The van der Waals surface area contributed by atoms with Crippen molar-refractivity contribution >= 4 is 5.82 Å². The van der Waals surface area contributed by atoms with E-state index in [1.54, 1.807) is 0 Å². The Morgan fingerprint density at radius 2 is 2.20 bits per heavy atom. The van der Waals surface area contributed by atoms with E-state index in [2.05, 4.69) is 55.0 Å². The molecule has 1 aliphatic heterocycles. The number of anilines is 1. The van der Waals surface area contributed by atoms with Crippen molar-refractivity contribution in [2.75, 3.05) is 38.1 Å². The molecular formula is C16H27N3O. The Balaban J connectivity index is 1.85. The van der Waals surface area contributed by atoms with Crippen LogP contribution in [0.25, 0.3) is 0 Å². The highest BCUT2D eigenvalue weighted by Crippen LogP contribution is 2.21. The number of nitrogens with zero attached hydrogens (tertiary/aromatic N) is 2. The predicted octanol–water partition coefficient (Wildman–Crippen LogP) is 2.51. The molecule has 0 aromatic carbocycles. The standard InChI is InChI=1S/C16H27N3O/c1-5-19-8-9-20-14(12-19)11-18-15-7-6-13(10-17-15)16(2,3)4/h6-7,10,14H,5,8-9,11-12H2,1-4H3,(H,17,18). The molecule has 1 N–H and O–H groups in total. The molecule has 0 saturated carbocycles. The second-order valence-corrected chi connectivity index (χ2v) is 6.45. The van der Waals surface area contributed by atoms with E-state index >= 15 is 0 Å². The zero-order valence-corrected chi connectivity index (χ0v) is 13.1. The minimum Gasteiger partial charge on any atom is -0.374 e.